The molecule has 1 aromatic heterocycles. The van der Waals surface area contributed by atoms with Crippen LogP contribution in [0.5, 0.6) is 5.75 Å². The highest BCUT2D eigenvalue weighted by Gasteiger charge is 2.24. The lowest BCUT2D eigenvalue weighted by Gasteiger charge is -2.18. The number of fused-ring (bicyclic) bond motifs is 1. The van der Waals surface area contributed by atoms with Gasteiger partial charge in [0.15, 0.2) is 5.52 Å². The van der Waals surface area contributed by atoms with Crippen molar-refractivity contribution in [2.24, 2.45) is 0 Å². The zero-order valence-corrected chi connectivity index (χ0v) is 22.2. The smallest absolute Gasteiger partial charge is 0.327 e. The van der Waals surface area contributed by atoms with E-state index in [1.807, 2.05) is 36.4 Å². The first-order valence-corrected chi connectivity index (χ1v) is 13.3. The molecule has 1 unspecified atom stereocenters. The van der Waals surface area contributed by atoms with E-state index >= 15 is 0 Å². The van der Waals surface area contributed by atoms with Crippen LogP contribution in [-0.2, 0) is 16.1 Å². The molecule has 0 spiro atoms. The van der Waals surface area contributed by atoms with Crippen LogP contribution in [0.3, 0.4) is 0 Å². The first-order chi connectivity index (χ1) is 19.5. The van der Waals surface area contributed by atoms with Gasteiger partial charge in [0, 0.05) is 19.2 Å². The van der Waals surface area contributed by atoms with Gasteiger partial charge in [0.1, 0.15) is 17.9 Å². The summed E-state index contributed by atoms with van der Waals surface area (Å²) < 4.78 is 16.2. The van der Waals surface area contributed by atoms with Gasteiger partial charge in [-0.2, -0.15) is 0 Å². The molecule has 4 rings (SSSR count). The fraction of sp³-hybridized carbons (Fsp3) is 0.345. The first-order valence-electron chi connectivity index (χ1n) is 13.3. The molecule has 11 heteroatoms. The van der Waals surface area contributed by atoms with Gasteiger partial charge >= 0.3 is 11.7 Å². The third-order valence-corrected chi connectivity index (χ3v) is 6.45. The molecule has 0 amide bonds. The van der Waals surface area contributed by atoms with Gasteiger partial charge in [-0.15, -0.1) is 0 Å². The summed E-state index contributed by atoms with van der Waals surface area (Å²) in [6.07, 6.45) is 13.7. The second-order valence-electron chi connectivity index (χ2n) is 9.33. The highest BCUT2D eigenvalue weighted by atomic mass is 16.6. The number of rotatable bonds is 15. The molecule has 0 saturated heterocycles. The number of hydrogen-bond acceptors (Lipinski definition) is 10. The van der Waals surface area contributed by atoms with Crippen molar-refractivity contribution < 1.29 is 23.8 Å². The quantitative estimate of drug-likeness (QED) is 0.0851. The van der Waals surface area contributed by atoms with Crippen molar-refractivity contribution in [2.75, 3.05) is 18.5 Å². The molecule has 11 nitrogen and oxygen atoms in total. The fourth-order valence-corrected chi connectivity index (χ4v) is 4.35. The number of non-ortho nitro benzene ring substituents is 1. The summed E-state index contributed by atoms with van der Waals surface area (Å²) in [5.74, 6) is 0.465. The summed E-state index contributed by atoms with van der Waals surface area (Å²) in [5.41, 5.74) is 1.89. The third-order valence-electron chi connectivity index (χ3n) is 6.45. The number of nitro benzene ring substituents is 1. The maximum Gasteiger partial charge on any atom is 0.327 e. The molecule has 1 atom stereocenters. The number of ether oxygens (including phenoxy) is 2. The van der Waals surface area contributed by atoms with Crippen molar-refractivity contribution in [3.05, 3.63) is 89.0 Å². The minimum absolute atomic E-state index is 0.00928. The van der Waals surface area contributed by atoms with Crippen LogP contribution in [-0.4, -0.2) is 46.5 Å². The molecule has 0 aliphatic heterocycles. The lowest BCUT2D eigenvalue weighted by Crippen LogP contribution is -2.37. The van der Waals surface area contributed by atoms with Crippen molar-refractivity contribution in [1.82, 2.24) is 15.6 Å². The van der Waals surface area contributed by atoms with E-state index in [0.717, 1.165) is 37.0 Å². The number of aromatic nitrogens is 2. The summed E-state index contributed by atoms with van der Waals surface area (Å²) in [6.45, 7) is 5.18. The lowest BCUT2D eigenvalue weighted by molar-refractivity contribution is -0.383. The van der Waals surface area contributed by atoms with Crippen LogP contribution in [0.1, 0.15) is 37.7 Å². The number of esters is 1. The van der Waals surface area contributed by atoms with E-state index in [1.54, 1.807) is 24.3 Å². The largest absolute Gasteiger partial charge is 0.494 e. The summed E-state index contributed by atoms with van der Waals surface area (Å²) >= 11 is 0. The van der Waals surface area contributed by atoms with E-state index in [4.69, 9.17) is 9.47 Å². The average Bonchev–Trinajstić information content (AvgIpc) is 3.66. The van der Waals surface area contributed by atoms with Crippen molar-refractivity contribution in [1.29, 1.82) is 0 Å². The van der Waals surface area contributed by atoms with E-state index in [1.165, 1.54) is 6.07 Å². The Bertz CT molecular complexity index is 1340. The van der Waals surface area contributed by atoms with Crippen LogP contribution in [0.25, 0.3) is 11.0 Å². The molecule has 1 fully saturated rings. The van der Waals surface area contributed by atoms with Crippen LogP contribution in [0.15, 0.2) is 78.0 Å². The molecule has 2 N–H and O–H groups in total. The van der Waals surface area contributed by atoms with Gasteiger partial charge in [0.05, 0.1) is 17.2 Å². The van der Waals surface area contributed by atoms with Crippen molar-refractivity contribution >= 4 is 28.4 Å². The van der Waals surface area contributed by atoms with Gasteiger partial charge in [-0.25, -0.2) is 9.42 Å². The van der Waals surface area contributed by atoms with Crippen LogP contribution in [0, 0.1) is 10.1 Å². The Kier molecular flexibility index (Phi) is 10.4. The Morgan fingerprint density at radius 2 is 1.90 bits per heavy atom. The monoisotopic (exact) mass is 547 g/mol. The minimum atomic E-state index is -0.552. The minimum Gasteiger partial charge on any atom is -0.494 e. The Labute approximate surface area is 232 Å². The number of benzene rings is 2. The number of anilines is 1. The van der Waals surface area contributed by atoms with Crippen LogP contribution >= 0.6 is 0 Å². The highest BCUT2D eigenvalue weighted by molar-refractivity contribution is 5.93. The van der Waals surface area contributed by atoms with E-state index in [2.05, 4.69) is 32.2 Å². The number of hydrogen-bond donors (Lipinski definition) is 2. The predicted octanol–water partition coefficient (Wildman–Crippen LogP) is 5.25. The number of nitrogens with one attached hydrogen (secondary N) is 2. The molecule has 1 aliphatic rings. The zero-order valence-electron chi connectivity index (χ0n) is 22.2. The molecule has 2 aromatic carbocycles. The maximum absolute atomic E-state index is 12.7. The van der Waals surface area contributed by atoms with Gasteiger partial charge in [0.2, 0.25) is 5.52 Å². The summed E-state index contributed by atoms with van der Waals surface area (Å²) in [7, 11) is 0. The third kappa shape index (κ3) is 8.00. The standard InChI is InChI=1S/C29H33N5O6/c1-2-3-4-5-11-25(29(35)39-23-9-6-7-10-23)31-20-21-12-14-22(15-13-21)38-19-8-18-30-24-16-17-26(34(36)37)28-27(24)32-40-33-28/h2-5,11-17,23,25,30-31H,1,6-10,18-20H2. The molecule has 3 aromatic rings. The second kappa shape index (κ2) is 14.6. The van der Waals surface area contributed by atoms with Gasteiger partial charge in [0.25, 0.3) is 0 Å². The fourth-order valence-electron chi connectivity index (χ4n) is 4.35. The average molecular weight is 548 g/mol. The molecular weight excluding hydrogens is 514 g/mol. The van der Waals surface area contributed by atoms with Gasteiger partial charge in [-0.1, -0.05) is 49.1 Å². The topological polar surface area (TPSA) is 142 Å². The molecule has 210 valence electrons. The molecule has 0 bridgehead atoms. The van der Waals surface area contributed by atoms with Gasteiger partial charge in [-0.3, -0.25) is 15.4 Å². The molecule has 0 radical (unpaired) electrons. The Hall–Kier alpha value is -4.51. The van der Waals surface area contributed by atoms with E-state index in [0.29, 0.717) is 37.3 Å². The molecule has 1 saturated carbocycles. The normalized spacial score (nSPS) is 14.6. The van der Waals surface area contributed by atoms with Crippen LogP contribution in [0.2, 0.25) is 0 Å². The van der Waals surface area contributed by atoms with Crippen molar-refractivity contribution in [3.8, 4) is 5.75 Å². The number of nitrogens with zero attached hydrogens (tertiary/aromatic N) is 3. The molecular formula is C29H33N5O6. The number of nitro groups is 1. The molecule has 1 heterocycles. The lowest BCUT2D eigenvalue weighted by atomic mass is 10.2. The van der Waals surface area contributed by atoms with Gasteiger partial charge < -0.3 is 14.8 Å². The first kappa shape index (κ1) is 28.5. The summed E-state index contributed by atoms with van der Waals surface area (Å²) in [6, 6.07) is 10.1. The number of allylic oxidation sites excluding steroid dienone is 4. The van der Waals surface area contributed by atoms with E-state index < -0.39 is 11.0 Å². The molecule has 1 aliphatic carbocycles. The Balaban J connectivity index is 1.22. The Morgan fingerprint density at radius 1 is 1.12 bits per heavy atom. The number of carbonyl (C=O) groups is 1. The maximum atomic E-state index is 12.7. The highest BCUT2D eigenvalue weighted by Crippen LogP contribution is 2.28. The van der Waals surface area contributed by atoms with Crippen molar-refractivity contribution in [2.45, 2.75) is 50.8 Å². The van der Waals surface area contributed by atoms with E-state index in [-0.39, 0.29) is 23.3 Å². The zero-order chi connectivity index (χ0) is 28.2. The van der Waals surface area contributed by atoms with Crippen molar-refractivity contribution in [3.63, 3.8) is 0 Å². The van der Waals surface area contributed by atoms with E-state index in [9.17, 15) is 14.9 Å². The molecule has 40 heavy (non-hydrogen) atoms. The summed E-state index contributed by atoms with van der Waals surface area (Å²) in [4.78, 5) is 23.3. The van der Waals surface area contributed by atoms with Gasteiger partial charge in [-0.05, 0) is 66.2 Å². The number of carbonyl (C=O) groups excluding carboxylic acids is 1. The SMILES string of the molecule is C=CC=CC=CC(NCc1ccc(OCCCNc2ccc([N+](=O)[O-])c3nonc23)cc1)C(=O)OC1CCCC1. The van der Waals surface area contributed by atoms with Crippen LogP contribution < -0.4 is 15.4 Å². The van der Waals surface area contributed by atoms with Crippen LogP contribution in [0.4, 0.5) is 11.4 Å². The Morgan fingerprint density at radius 3 is 2.65 bits per heavy atom. The predicted molar refractivity (Wildman–Crippen MR) is 151 cm³/mol. The summed E-state index contributed by atoms with van der Waals surface area (Å²) in [5, 5.41) is 25.0. The second-order valence-corrected chi connectivity index (χ2v) is 9.33.